The highest BCUT2D eigenvalue weighted by Crippen LogP contribution is 2.33. The second-order valence-electron chi connectivity index (χ2n) is 4.78. The van der Waals surface area contributed by atoms with Crippen LogP contribution in [0.3, 0.4) is 0 Å². The molecular formula is C16H14N2O2S. The molecule has 0 atom stereocenters. The van der Waals surface area contributed by atoms with Crippen molar-refractivity contribution in [3.63, 3.8) is 0 Å². The van der Waals surface area contributed by atoms with Gasteiger partial charge in [0.05, 0.1) is 11.1 Å². The van der Waals surface area contributed by atoms with E-state index in [1.54, 1.807) is 19.1 Å². The van der Waals surface area contributed by atoms with Crippen LogP contribution in [-0.4, -0.2) is 16.1 Å². The number of nitriles is 1. The first kappa shape index (κ1) is 15.1. The highest BCUT2D eigenvalue weighted by atomic mass is 32.2. The first-order chi connectivity index (χ1) is 9.92. The predicted octanol–water partition coefficient (Wildman–Crippen LogP) is 3.73. The van der Waals surface area contributed by atoms with Gasteiger partial charge in [-0.25, -0.2) is 9.78 Å². The molecule has 0 amide bonds. The molecular weight excluding hydrogens is 284 g/mol. The maximum atomic E-state index is 11.4. The number of benzene rings is 1. The average Bonchev–Trinajstić information content (AvgIpc) is 2.39. The van der Waals surface area contributed by atoms with Crippen LogP contribution >= 0.6 is 11.8 Å². The van der Waals surface area contributed by atoms with Crippen LogP contribution in [0, 0.1) is 32.1 Å². The van der Waals surface area contributed by atoms with E-state index in [2.05, 4.69) is 11.1 Å². The van der Waals surface area contributed by atoms with Crippen LogP contribution in [0.1, 0.15) is 32.7 Å². The van der Waals surface area contributed by atoms with Gasteiger partial charge in [-0.1, -0.05) is 17.8 Å². The van der Waals surface area contributed by atoms with Gasteiger partial charge in [0.15, 0.2) is 0 Å². The Kier molecular flexibility index (Phi) is 4.29. The van der Waals surface area contributed by atoms with Gasteiger partial charge in [-0.3, -0.25) is 0 Å². The quantitative estimate of drug-likeness (QED) is 0.934. The third-order valence-corrected chi connectivity index (χ3v) is 4.05. The lowest BCUT2D eigenvalue weighted by molar-refractivity contribution is 0.0691. The van der Waals surface area contributed by atoms with Crippen LogP contribution in [-0.2, 0) is 0 Å². The maximum absolute atomic E-state index is 11.4. The smallest absolute Gasteiger partial charge is 0.338 e. The standard InChI is InChI=1S/C16H14N2O2S/c1-9-4-5-13(12(6-9)8-17)21-15-14(16(19)20)10(2)7-11(3)18-15/h4-7H,1-3H3,(H,19,20). The highest BCUT2D eigenvalue weighted by molar-refractivity contribution is 7.99. The Balaban J connectivity index is 2.54. The van der Waals surface area contributed by atoms with Gasteiger partial charge in [0.1, 0.15) is 11.1 Å². The van der Waals surface area contributed by atoms with Gasteiger partial charge in [0.25, 0.3) is 0 Å². The molecule has 1 N–H and O–H groups in total. The van der Waals surface area contributed by atoms with Crippen LogP contribution in [0.15, 0.2) is 34.2 Å². The number of pyridine rings is 1. The van der Waals surface area contributed by atoms with Crippen molar-refractivity contribution in [1.82, 2.24) is 4.98 Å². The van der Waals surface area contributed by atoms with Gasteiger partial charge >= 0.3 is 5.97 Å². The fourth-order valence-electron chi connectivity index (χ4n) is 2.06. The van der Waals surface area contributed by atoms with Crippen LogP contribution in [0.25, 0.3) is 0 Å². The van der Waals surface area contributed by atoms with Crippen LogP contribution in [0.4, 0.5) is 0 Å². The zero-order valence-electron chi connectivity index (χ0n) is 12.0. The second-order valence-corrected chi connectivity index (χ2v) is 5.81. The Hall–Kier alpha value is -2.32. The van der Waals surface area contributed by atoms with Crippen molar-refractivity contribution in [1.29, 1.82) is 5.26 Å². The maximum Gasteiger partial charge on any atom is 0.338 e. The summed E-state index contributed by atoms with van der Waals surface area (Å²) in [5.74, 6) is -1.01. The molecule has 106 valence electrons. The SMILES string of the molecule is Cc1ccc(Sc2nc(C)cc(C)c2C(=O)O)c(C#N)c1. The van der Waals surface area contributed by atoms with Crippen molar-refractivity contribution < 1.29 is 9.90 Å². The molecule has 2 aromatic rings. The molecule has 0 aliphatic rings. The monoisotopic (exact) mass is 298 g/mol. The third-order valence-electron chi connectivity index (χ3n) is 2.99. The Morgan fingerprint density at radius 2 is 2.00 bits per heavy atom. The number of rotatable bonds is 3. The molecule has 1 heterocycles. The van der Waals surface area contributed by atoms with Crippen molar-refractivity contribution in [2.45, 2.75) is 30.7 Å². The minimum absolute atomic E-state index is 0.190. The first-order valence-corrected chi connectivity index (χ1v) is 7.14. The molecule has 0 spiro atoms. The number of aryl methyl sites for hydroxylation is 3. The summed E-state index contributed by atoms with van der Waals surface area (Å²) in [6, 6.07) is 9.38. The lowest BCUT2D eigenvalue weighted by Gasteiger charge is -2.10. The van der Waals surface area contributed by atoms with Crippen LogP contribution in [0.2, 0.25) is 0 Å². The molecule has 21 heavy (non-hydrogen) atoms. The van der Waals surface area contributed by atoms with Gasteiger partial charge in [-0.15, -0.1) is 0 Å². The van der Waals surface area contributed by atoms with Gasteiger partial charge in [0.2, 0.25) is 0 Å². The lowest BCUT2D eigenvalue weighted by atomic mass is 10.1. The van der Waals surface area contributed by atoms with E-state index in [1.165, 1.54) is 11.8 Å². The number of carboxylic acid groups (broad SMARTS) is 1. The Morgan fingerprint density at radius 3 is 2.62 bits per heavy atom. The number of aromatic nitrogens is 1. The molecule has 5 heteroatoms. The Morgan fingerprint density at radius 1 is 1.29 bits per heavy atom. The third kappa shape index (κ3) is 3.23. The number of carbonyl (C=O) groups is 1. The minimum Gasteiger partial charge on any atom is -0.478 e. The van der Waals surface area contributed by atoms with E-state index in [9.17, 15) is 15.2 Å². The summed E-state index contributed by atoms with van der Waals surface area (Å²) in [6.07, 6.45) is 0. The first-order valence-electron chi connectivity index (χ1n) is 6.32. The molecule has 2 rings (SSSR count). The van der Waals surface area contributed by atoms with E-state index in [4.69, 9.17) is 0 Å². The van der Waals surface area contributed by atoms with Gasteiger partial charge in [-0.05, 0) is 50.1 Å². The number of hydrogen-bond acceptors (Lipinski definition) is 4. The molecule has 0 radical (unpaired) electrons. The van der Waals surface area contributed by atoms with Crippen molar-refractivity contribution in [3.8, 4) is 6.07 Å². The molecule has 1 aromatic carbocycles. The van der Waals surface area contributed by atoms with E-state index in [0.717, 1.165) is 11.3 Å². The van der Waals surface area contributed by atoms with Crippen molar-refractivity contribution >= 4 is 17.7 Å². The van der Waals surface area contributed by atoms with Crippen LogP contribution in [0.5, 0.6) is 0 Å². The summed E-state index contributed by atoms with van der Waals surface area (Å²) in [6.45, 7) is 5.48. The molecule has 0 aliphatic carbocycles. The topological polar surface area (TPSA) is 74.0 Å². The molecule has 0 unspecified atom stereocenters. The molecule has 0 bridgehead atoms. The van der Waals surface area contributed by atoms with E-state index in [0.29, 0.717) is 21.0 Å². The summed E-state index contributed by atoms with van der Waals surface area (Å²) >= 11 is 1.22. The zero-order chi connectivity index (χ0) is 15.6. The summed E-state index contributed by atoms with van der Waals surface area (Å²) in [7, 11) is 0. The summed E-state index contributed by atoms with van der Waals surface area (Å²) in [5.41, 5.74) is 3.13. The van der Waals surface area contributed by atoms with E-state index < -0.39 is 5.97 Å². The van der Waals surface area contributed by atoms with Crippen molar-refractivity contribution in [3.05, 3.63) is 52.2 Å². The molecule has 0 aliphatic heterocycles. The fraction of sp³-hybridized carbons (Fsp3) is 0.188. The number of hydrogen-bond donors (Lipinski definition) is 1. The lowest BCUT2D eigenvalue weighted by Crippen LogP contribution is -2.05. The van der Waals surface area contributed by atoms with Gasteiger partial charge in [0, 0.05) is 10.6 Å². The number of nitrogens with zero attached hydrogens (tertiary/aromatic N) is 2. The molecule has 0 saturated carbocycles. The van der Waals surface area contributed by atoms with Gasteiger partial charge in [-0.2, -0.15) is 5.26 Å². The second kappa shape index (κ2) is 5.98. The minimum atomic E-state index is -1.01. The van der Waals surface area contributed by atoms with Gasteiger partial charge < -0.3 is 5.11 Å². The average molecular weight is 298 g/mol. The number of aromatic carboxylic acids is 1. The van der Waals surface area contributed by atoms with E-state index in [1.807, 2.05) is 26.0 Å². The molecule has 4 nitrogen and oxygen atoms in total. The molecule has 0 saturated heterocycles. The highest BCUT2D eigenvalue weighted by Gasteiger charge is 2.18. The summed E-state index contributed by atoms with van der Waals surface area (Å²) < 4.78 is 0. The molecule has 0 fully saturated rings. The Labute approximate surface area is 127 Å². The number of carboxylic acids is 1. The summed E-state index contributed by atoms with van der Waals surface area (Å²) in [5, 5.41) is 19.0. The largest absolute Gasteiger partial charge is 0.478 e. The fourth-order valence-corrected chi connectivity index (χ4v) is 3.16. The summed E-state index contributed by atoms with van der Waals surface area (Å²) in [4.78, 5) is 16.5. The van der Waals surface area contributed by atoms with E-state index in [-0.39, 0.29) is 5.56 Å². The van der Waals surface area contributed by atoms with Crippen molar-refractivity contribution in [2.75, 3.05) is 0 Å². The predicted molar refractivity (Wildman–Crippen MR) is 80.7 cm³/mol. The van der Waals surface area contributed by atoms with Crippen LogP contribution < -0.4 is 0 Å². The Bertz CT molecular complexity index is 764. The van der Waals surface area contributed by atoms with Crippen molar-refractivity contribution in [2.24, 2.45) is 0 Å². The molecule has 1 aromatic heterocycles. The van der Waals surface area contributed by atoms with E-state index >= 15 is 0 Å². The zero-order valence-corrected chi connectivity index (χ0v) is 12.8. The normalized spacial score (nSPS) is 10.2.